The van der Waals surface area contributed by atoms with Gasteiger partial charge in [0.25, 0.3) is 5.69 Å². The van der Waals surface area contributed by atoms with Gasteiger partial charge in [-0.3, -0.25) is 10.1 Å². The molecule has 0 amide bonds. The monoisotopic (exact) mass is 351 g/mol. The number of nitro benzene ring substituents is 1. The number of hydrogen-bond donors (Lipinski definition) is 0. The van der Waals surface area contributed by atoms with E-state index in [2.05, 4.69) is 9.59 Å². The quantitative estimate of drug-likeness (QED) is 0.458. The maximum atomic E-state index is 12.2. The van der Waals surface area contributed by atoms with Gasteiger partial charge in [0.1, 0.15) is 12.4 Å². The second-order valence-electron chi connectivity index (χ2n) is 4.94. The van der Waals surface area contributed by atoms with Crippen molar-refractivity contribution in [3.63, 3.8) is 0 Å². The van der Waals surface area contributed by atoms with Gasteiger partial charge in [0.05, 0.1) is 17.2 Å². The Bertz CT molecular complexity index is 791. The van der Waals surface area contributed by atoms with Crippen LogP contribution in [-0.2, 0) is 29.1 Å². The molecular formula is C14H13N3O6S. The summed E-state index contributed by atoms with van der Waals surface area (Å²) in [6, 6.07) is 2.73. The number of nitrogens with zero attached hydrogens (tertiary/aromatic N) is 3. The van der Waals surface area contributed by atoms with Crippen LogP contribution in [0.5, 0.6) is 5.75 Å². The van der Waals surface area contributed by atoms with E-state index >= 15 is 0 Å². The number of esters is 1. The lowest BCUT2D eigenvalue weighted by atomic mass is 10.1. The lowest BCUT2D eigenvalue weighted by Gasteiger charge is -2.20. The van der Waals surface area contributed by atoms with Crippen molar-refractivity contribution in [3.8, 4) is 5.75 Å². The van der Waals surface area contributed by atoms with Gasteiger partial charge in [0.2, 0.25) is 0 Å². The Balaban J connectivity index is 1.83. The molecule has 0 N–H and O–H groups in total. The second kappa shape index (κ2) is 6.89. The third-order valence-corrected chi connectivity index (χ3v) is 4.17. The van der Waals surface area contributed by atoms with E-state index in [1.165, 1.54) is 12.1 Å². The zero-order valence-corrected chi connectivity index (χ0v) is 13.5. The lowest BCUT2D eigenvalue weighted by molar-refractivity contribution is -0.385. The number of carbonyl (C=O) groups excluding carboxylic acids is 1. The van der Waals surface area contributed by atoms with Crippen LogP contribution in [-0.4, -0.2) is 27.3 Å². The van der Waals surface area contributed by atoms with Crippen molar-refractivity contribution in [2.45, 2.75) is 26.6 Å². The summed E-state index contributed by atoms with van der Waals surface area (Å²) in [7, 11) is 0. The fraction of sp³-hybridized carbons (Fsp3) is 0.357. The smallest absolute Gasteiger partial charge is 0.352 e. The molecule has 3 rings (SSSR count). The van der Waals surface area contributed by atoms with Crippen LogP contribution in [0.4, 0.5) is 5.69 Å². The summed E-state index contributed by atoms with van der Waals surface area (Å²) in [4.78, 5) is 23.0. The van der Waals surface area contributed by atoms with Crippen LogP contribution in [0, 0.1) is 10.1 Å². The highest BCUT2D eigenvalue weighted by atomic mass is 32.1. The van der Waals surface area contributed by atoms with Crippen LogP contribution >= 0.6 is 11.5 Å². The minimum Gasteiger partial charge on any atom is -0.467 e. The third-order valence-electron chi connectivity index (χ3n) is 3.42. The molecule has 0 atom stereocenters. The summed E-state index contributed by atoms with van der Waals surface area (Å²) >= 11 is 0.959. The number of carbonyl (C=O) groups is 1. The molecule has 10 heteroatoms. The van der Waals surface area contributed by atoms with Crippen molar-refractivity contribution in [1.29, 1.82) is 0 Å². The van der Waals surface area contributed by atoms with E-state index in [1.807, 2.05) is 6.92 Å². The molecule has 126 valence electrons. The molecule has 0 spiro atoms. The van der Waals surface area contributed by atoms with Crippen LogP contribution in [0.1, 0.15) is 33.4 Å². The van der Waals surface area contributed by atoms with Gasteiger partial charge in [-0.1, -0.05) is 11.4 Å². The van der Waals surface area contributed by atoms with Crippen molar-refractivity contribution in [2.24, 2.45) is 0 Å². The van der Waals surface area contributed by atoms with Crippen molar-refractivity contribution in [2.75, 3.05) is 6.79 Å². The standard InChI is InChI=1S/C14H13N3O6S/c1-2-11-13(24-16-15-11)14(18)22-6-9-4-10(17(19)20)3-8-5-21-7-23-12(8)9/h3-4H,2,5-7H2,1H3. The number of nitro groups is 1. The third kappa shape index (κ3) is 3.19. The topological polar surface area (TPSA) is 114 Å². The molecule has 0 bridgehead atoms. The predicted octanol–water partition coefficient (Wildman–Crippen LogP) is 2.23. The minimum absolute atomic E-state index is 0.0461. The molecule has 2 heterocycles. The zero-order valence-electron chi connectivity index (χ0n) is 12.7. The van der Waals surface area contributed by atoms with Crippen LogP contribution in [0.15, 0.2) is 12.1 Å². The van der Waals surface area contributed by atoms with E-state index < -0.39 is 10.9 Å². The number of aromatic nitrogens is 2. The Hall–Kier alpha value is -2.59. The summed E-state index contributed by atoms with van der Waals surface area (Å²) in [5.41, 5.74) is 1.43. The highest BCUT2D eigenvalue weighted by molar-refractivity contribution is 7.07. The van der Waals surface area contributed by atoms with Gasteiger partial charge < -0.3 is 14.2 Å². The van der Waals surface area contributed by atoms with E-state index in [0.29, 0.717) is 33.9 Å². The van der Waals surface area contributed by atoms with Crippen molar-refractivity contribution >= 4 is 23.2 Å². The number of benzene rings is 1. The molecule has 0 fully saturated rings. The highest BCUT2D eigenvalue weighted by Gasteiger charge is 2.23. The fourth-order valence-corrected chi connectivity index (χ4v) is 2.94. The van der Waals surface area contributed by atoms with Gasteiger partial charge in [-0.2, -0.15) is 0 Å². The van der Waals surface area contributed by atoms with E-state index in [9.17, 15) is 14.9 Å². The first-order valence-corrected chi connectivity index (χ1v) is 7.86. The van der Waals surface area contributed by atoms with Crippen molar-refractivity contribution < 1.29 is 23.9 Å². The normalized spacial score (nSPS) is 13.0. The first-order chi connectivity index (χ1) is 11.6. The fourth-order valence-electron chi connectivity index (χ4n) is 2.30. The van der Waals surface area contributed by atoms with Gasteiger partial charge in [-0.05, 0) is 18.0 Å². The van der Waals surface area contributed by atoms with Crippen LogP contribution in [0.25, 0.3) is 0 Å². The Labute approximate surface area is 140 Å². The Morgan fingerprint density at radius 1 is 1.50 bits per heavy atom. The van der Waals surface area contributed by atoms with Gasteiger partial charge in [-0.15, -0.1) is 5.10 Å². The van der Waals surface area contributed by atoms with Crippen LogP contribution in [0.3, 0.4) is 0 Å². The number of fused-ring (bicyclic) bond motifs is 1. The van der Waals surface area contributed by atoms with Crippen LogP contribution in [0.2, 0.25) is 0 Å². The van der Waals surface area contributed by atoms with E-state index in [4.69, 9.17) is 14.2 Å². The summed E-state index contributed by atoms with van der Waals surface area (Å²) < 4.78 is 19.5. The van der Waals surface area contributed by atoms with E-state index in [-0.39, 0.29) is 25.7 Å². The first kappa shape index (κ1) is 16.3. The first-order valence-electron chi connectivity index (χ1n) is 7.09. The number of aryl methyl sites for hydroxylation is 1. The molecule has 0 saturated heterocycles. The predicted molar refractivity (Wildman–Crippen MR) is 81.8 cm³/mol. The molecule has 0 saturated carbocycles. The van der Waals surface area contributed by atoms with Crippen molar-refractivity contribution in [3.05, 3.63) is 43.9 Å². The van der Waals surface area contributed by atoms with Gasteiger partial charge >= 0.3 is 5.97 Å². The van der Waals surface area contributed by atoms with Gasteiger partial charge in [0.15, 0.2) is 11.7 Å². The molecule has 0 unspecified atom stereocenters. The summed E-state index contributed by atoms with van der Waals surface area (Å²) in [6.45, 7) is 1.96. The summed E-state index contributed by atoms with van der Waals surface area (Å²) in [6.07, 6.45) is 0.563. The minimum atomic E-state index is -0.561. The molecular weight excluding hydrogens is 338 g/mol. The van der Waals surface area contributed by atoms with Gasteiger partial charge in [0, 0.05) is 23.3 Å². The maximum absolute atomic E-state index is 12.2. The van der Waals surface area contributed by atoms with Crippen LogP contribution < -0.4 is 4.74 Å². The Kier molecular flexibility index (Phi) is 4.67. The highest BCUT2D eigenvalue weighted by Crippen LogP contribution is 2.33. The molecule has 1 aromatic heterocycles. The molecule has 9 nitrogen and oxygen atoms in total. The van der Waals surface area contributed by atoms with Crippen molar-refractivity contribution in [1.82, 2.24) is 9.59 Å². The molecule has 1 aliphatic rings. The average Bonchev–Trinajstić information content (AvgIpc) is 3.07. The number of rotatable bonds is 5. The molecule has 2 aromatic rings. The molecule has 0 aliphatic carbocycles. The largest absolute Gasteiger partial charge is 0.467 e. The average molecular weight is 351 g/mol. The molecule has 1 aromatic carbocycles. The number of non-ortho nitro benzene ring substituents is 1. The lowest BCUT2D eigenvalue weighted by Crippen LogP contribution is -2.15. The second-order valence-corrected chi connectivity index (χ2v) is 5.69. The number of hydrogen-bond acceptors (Lipinski definition) is 9. The van der Waals surface area contributed by atoms with E-state index in [0.717, 1.165) is 11.5 Å². The maximum Gasteiger partial charge on any atom is 0.352 e. The molecule has 0 radical (unpaired) electrons. The molecule has 1 aliphatic heterocycles. The number of ether oxygens (including phenoxy) is 3. The Morgan fingerprint density at radius 2 is 2.33 bits per heavy atom. The van der Waals surface area contributed by atoms with E-state index in [1.54, 1.807) is 0 Å². The Morgan fingerprint density at radius 3 is 3.08 bits per heavy atom. The zero-order chi connectivity index (χ0) is 17.1. The van der Waals surface area contributed by atoms with Gasteiger partial charge in [-0.25, -0.2) is 4.79 Å². The summed E-state index contributed by atoms with van der Waals surface area (Å²) in [5.74, 6) is -0.105. The summed E-state index contributed by atoms with van der Waals surface area (Å²) in [5, 5.41) is 14.9. The molecule has 24 heavy (non-hydrogen) atoms. The SMILES string of the molecule is CCc1nnsc1C(=O)OCc1cc([N+](=O)[O-])cc2c1OCOC2.